The summed E-state index contributed by atoms with van der Waals surface area (Å²) in [5.41, 5.74) is 1.41. The first-order chi connectivity index (χ1) is 14.5. The van der Waals surface area contributed by atoms with Crippen LogP contribution in [0, 0.1) is 0 Å². The van der Waals surface area contributed by atoms with Gasteiger partial charge in [0.15, 0.2) is 0 Å². The highest BCUT2D eigenvalue weighted by atomic mass is 32.2. The zero-order valence-electron chi connectivity index (χ0n) is 16.0. The Labute approximate surface area is 175 Å². The maximum absolute atomic E-state index is 12.7. The third-order valence-corrected chi connectivity index (χ3v) is 6.36. The summed E-state index contributed by atoms with van der Waals surface area (Å²) in [6, 6.07) is 31.7. The summed E-state index contributed by atoms with van der Waals surface area (Å²) in [5, 5.41) is 1.49. The van der Waals surface area contributed by atoms with Gasteiger partial charge in [-0.3, -0.25) is 5.01 Å². The summed E-state index contributed by atoms with van der Waals surface area (Å²) in [4.78, 5) is 0.480. The lowest BCUT2D eigenvalue weighted by atomic mass is 10.2. The van der Waals surface area contributed by atoms with Gasteiger partial charge in [0.25, 0.3) is 0 Å². The van der Waals surface area contributed by atoms with Crippen LogP contribution in [0.4, 0.5) is 11.4 Å². The van der Waals surface area contributed by atoms with Crippen molar-refractivity contribution in [3.63, 3.8) is 0 Å². The topological polar surface area (TPSA) is 72.6 Å². The zero-order chi connectivity index (χ0) is 21.0. The Morgan fingerprint density at radius 2 is 1.00 bits per heavy atom. The van der Waals surface area contributed by atoms with Crippen molar-refractivity contribution in [1.29, 1.82) is 0 Å². The highest BCUT2D eigenvalue weighted by molar-refractivity contribution is 7.91. The van der Waals surface area contributed by atoms with Gasteiger partial charge in [0.2, 0.25) is 9.84 Å². The molecule has 0 atom stereocenters. The molecule has 5 nitrogen and oxygen atoms in total. The lowest BCUT2D eigenvalue weighted by Gasteiger charge is -2.19. The van der Waals surface area contributed by atoms with E-state index in [4.69, 9.17) is 10.6 Å². The molecule has 2 N–H and O–H groups in total. The van der Waals surface area contributed by atoms with Crippen LogP contribution in [0.2, 0.25) is 0 Å². The molecule has 0 aliphatic carbocycles. The summed E-state index contributed by atoms with van der Waals surface area (Å²) in [7, 11) is -3.56. The van der Waals surface area contributed by atoms with Crippen LogP contribution in [-0.2, 0) is 9.84 Å². The van der Waals surface area contributed by atoms with E-state index in [1.807, 2.05) is 54.6 Å². The molecule has 0 amide bonds. The molecule has 150 valence electrons. The summed E-state index contributed by atoms with van der Waals surface area (Å²) in [6.45, 7) is 0. The van der Waals surface area contributed by atoms with E-state index in [1.165, 1.54) is 5.01 Å². The van der Waals surface area contributed by atoms with Gasteiger partial charge in [0.1, 0.15) is 11.5 Å². The lowest BCUT2D eigenvalue weighted by molar-refractivity contribution is 0.482. The number of nitrogens with two attached hydrogens (primary N) is 1. The van der Waals surface area contributed by atoms with Crippen LogP contribution in [0.1, 0.15) is 0 Å². The summed E-state index contributed by atoms with van der Waals surface area (Å²) >= 11 is 0. The van der Waals surface area contributed by atoms with Gasteiger partial charge in [-0.1, -0.05) is 36.4 Å². The Morgan fingerprint density at radius 1 is 0.567 bits per heavy atom. The Morgan fingerprint density at radius 3 is 1.57 bits per heavy atom. The Kier molecular flexibility index (Phi) is 5.52. The average molecular weight is 417 g/mol. The standard InChI is InChI=1S/C24H20N2O3S/c25-26(19-11-15-22(16-12-19)29-21-7-3-1-4-8-21)20-13-17-24(18-14-20)30(27,28)23-9-5-2-6-10-23/h1-18H,25H2. The van der Waals surface area contributed by atoms with Crippen molar-refractivity contribution in [3.05, 3.63) is 109 Å². The molecule has 0 aliphatic heterocycles. The molecule has 0 aliphatic rings. The number of ether oxygens (including phenoxy) is 1. The predicted molar refractivity (Wildman–Crippen MR) is 118 cm³/mol. The van der Waals surface area contributed by atoms with Crippen LogP contribution in [-0.4, -0.2) is 8.42 Å². The normalized spacial score (nSPS) is 11.1. The first-order valence-corrected chi connectivity index (χ1v) is 10.8. The molecule has 4 rings (SSSR count). The maximum atomic E-state index is 12.7. The van der Waals surface area contributed by atoms with Crippen LogP contribution in [0.5, 0.6) is 11.5 Å². The van der Waals surface area contributed by atoms with E-state index in [-0.39, 0.29) is 9.79 Å². The number of hydrazine groups is 1. The van der Waals surface area contributed by atoms with Gasteiger partial charge in [-0.25, -0.2) is 14.3 Å². The number of anilines is 2. The minimum atomic E-state index is -3.56. The Balaban J connectivity index is 1.50. The van der Waals surface area contributed by atoms with Gasteiger partial charge in [0.05, 0.1) is 21.2 Å². The smallest absolute Gasteiger partial charge is 0.206 e. The first kappa shape index (κ1) is 19.7. The molecular formula is C24H20N2O3S. The maximum Gasteiger partial charge on any atom is 0.206 e. The molecule has 0 radical (unpaired) electrons. The quantitative estimate of drug-likeness (QED) is 0.340. The van der Waals surface area contributed by atoms with E-state index >= 15 is 0 Å². The van der Waals surface area contributed by atoms with Crippen molar-refractivity contribution in [2.24, 2.45) is 5.84 Å². The molecule has 0 unspecified atom stereocenters. The van der Waals surface area contributed by atoms with Crippen molar-refractivity contribution >= 4 is 21.2 Å². The highest BCUT2D eigenvalue weighted by Gasteiger charge is 2.17. The molecule has 0 saturated heterocycles. The fraction of sp³-hybridized carbons (Fsp3) is 0. The molecule has 0 saturated carbocycles. The summed E-state index contributed by atoms with van der Waals surface area (Å²) in [6.07, 6.45) is 0. The fourth-order valence-electron chi connectivity index (χ4n) is 2.97. The lowest BCUT2D eigenvalue weighted by Crippen LogP contribution is -2.24. The number of rotatable bonds is 6. The van der Waals surface area contributed by atoms with E-state index in [0.717, 1.165) is 11.4 Å². The van der Waals surface area contributed by atoms with E-state index in [9.17, 15) is 8.42 Å². The minimum absolute atomic E-state index is 0.220. The number of hydrogen-bond acceptors (Lipinski definition) is 5. The van der Waals surface area contributed by atoms with Crippen molar-refractivity contribution < 1.29 is 13.2 Å². The molecule has 4 aromatic rings. The number of sulfone groups is 1. The largest absolute Gasteiger partial charge is 0.457 e. The van der Waals surface area contributed by atoms with Gasteiger partial charge in [-0.15, -0.1) is 0 Å². The monoisotopic (exact) mass is 416 g/mol. The third-order valence-electron chi connectivity index (χ3n) is 4.57. The van der Waals surface area contributed by atoms with Crippen molar-refractivity contribution in [3.8, 4) is 11.5 Å². The van der Waals surface area contributed by atoms with Crippen LogP contribution >= 0.6 is 0 Å². The van der Waals surface area contributed by atoms with Crippen LogP contribution in [0.25, 0.3) is 0 Å². The molecule has 30 heavy (non-hydrogen) atoms. The Bertz CT molecular complexity index is 1210. The highest BCUT2D eigenvalue weighted by Crippen LogP contribution is 2.28. The van der Waals surface area contributed by atoms with Crippen LogP contribution < -0.4 is 15.6 Å². The predicted octanol–water partition coefficient (Wildman–Crippen LogP) is 5.32. The minimum Gasteiger partial charge on any atom is -0.457 e. The van der Waals surface area contributed by atoms with Crippen molar-refractivity contribution in [2.45, 2.75) is 9.79 Å². The molecule has 0 bridgehead atoms. The first-order valence-electron chi connectivity index (χ1n) is 9.32. The van der Waals surface area contributed by atoms with E-state index in [1.54, 1.807) is 54.6 Å². The number of nitrogens with zero attached hydrogens (tertiary/aromatic N) is 1. The van der Waals surface area contributed by atoms with Gasteiger partial charge in [-0.2, -0.15) is 0 Å². The second-order valence-corrected chi connectivity index (χ2v) is 8.54. The molecule has 6 heteroatoms. The zero-order valence-corrected chi connectivity index (χ0v) is 16.9. The number of para-hydroxylation sites is 1. The van der Waals surface area contributed by atoms with Gasteiger partial charge in [0, 0.05) is 0 Å². The van der Waals surface area contributed by atoms with Gasteiger partial charge >= 0.3 is 0 Å². The number of benzene rings is 4. The van der Waals surface area contributed by atoms with E-state index in [0.29, 0.717) is 11.4 Å². The average Bonchev–Trinajstić information content (AvgIpc) is 2.80. The van der Waals surface area contributed by atoms with Crippen molar-refractivity contribution in [1.82, 2.24) is 0 Å². The fourth-order valence-corrected chi connectivity index (χ4v) is 4.25. The van der Waals surface area contributed by atoms with E-state index < -0.39 is 9.84 Å². The molecule has 0 spiro atoms. The Hall–Kier alpha value is -3.61. The molecule has 0 aromatic heterocycles. The summed E-state index contributed by atoms with van der Waals surface area (Å²) in [5.74, 6) is 7.68. The van der Waals surface area contributed by atoms with Gasteiger partial charge < -0.3 is 4.74 Å². The second kappa shape index (κ2) is 8.41. The van der Waals surface area contributed by atoms with Crippen LogP contribution in [0.3, 0.4) is 0 Å². The molecule has 4 aromatic carbocycles. The molecular weight excluding hydrogens is 396 g/mol. The second-order valence-electron chi connectivity index (χ2n) is 6.59. The number of hydrogen-bond donors (Lipinski definition) is 1. The van der Waals surface area contributed by atoms with Crippen molar-refractivity contribution in [2.75, 3.05) is 5.01 Å². The SMILES string of the molecule is NN(c1ccc(Oc2ccccc2)cc1)c1ccc(S(=O)(=O)c2ccccc2)cc1. The molecule has 0 fully saturated rings. The summed E-state index contributed by atoms with van der Waals surface area (Å²) < 4.78 is 31.2. The third kappa shape index (κ3) is 4.20. The molecule has 0 heterocycles. The van der Waals surface area contributed by atoms with E-state index in [2.05, 4.69) is 0 Å². The van der Waals surface area contributed by atoms with Crippen LogP contribution in [0.15, 0.2) is 119 Å². The van der Waals surface area contributed by atoms with Gasteiger partial charge in [-0.05, 0) is 72.8 Å².